The number of hydrogen-bond acceptors (Lipinski definition) is 2. The number of rotatable bonds is 3. The van der Waals surface area contributed by atoms with Crippen molar-refractivity contribution in [2.45, 2.75) is 19.4 Å². The number of carbonyl (C=O) groups is 2. The summed E-state index contributed by atoms with van der Waals surface area (Å²) in [6.07, 6.45) is 0. The lowest BCUT2D eigenvalue weighted by Crippen LogP contribution is -2.53. The third-order valence-corrected chi connectivity index (χ3v) is 3.08. The Labute approximate surface area is 116 Å². The van der Waals surface area contributed by atoms with Crippen LogP contribution in [0.1, 0.15) is 24.2 Å². The molecule has 0 unspecified atom stereocenters. The van der Waals surface area contributed by atoms with E-state index in [4.69, 9.17) is 5.73 Å². The van der Waals surface area contributed by atoms with Crippen LogP contribution < -0.4 is 11.1 Å². The number of carbonyl (C=O) groups excluding carboxylic acids is 2. The van der Waals surface area contributed by atoms with Crippen molar-refractivity contribution in [3.8, 4) is 0 Å². The fourth-order valence-corrected chi connectivity index (χ4v) is 2.40. The molecule has 0 spiro atoms. The summed E-state index contributed by atoms with van der Waals surface area (Å²) in [4.78, 5) is 23.0. The molecule has 6 heteroatoms. The molecule has 0 aliphatic heterocycles. The highest BCUT2D eigenvalue weighted by Gasteiger charge is 2.27. The van der Waals surface area contributed by atoms with E-state index in [0.29, 0.717) is 5.56 Å². The first kappa shape index (κ1) is 14.2. The van der Waals surface area contributed by atoms with E-state index in [-0.39, 0.29) is 5.91 Å². The van der Waals surface area contributed by atoms with Crippen LogP contribution in [-0.2, 0) is 4.79 Å². The lowest BCUT2D eigenvalue weighted by molar-refractivity contribution is -0.122. The maximum absolute atomic E-state index is 11.9. The van der Waals surface area contributed by atoms with E-state index >= 15 is 0 Å². The van der Waals surface area contributed by atoms with Gasteiger partial charge in [0.2, 0.25) is 5.91 Å². The smallest absolute Gasteiger partial charge is 0.252 e. The molecule has 0 fully saturated rings. The number of amides is 2. The summed E-state index contributed by atoms with van der Waals surface area (Å²) in [5.74, 6) is -0.935. The largest absolute Gasteiger partial charge is 0.368 e. The first-order valence-electron chi connectivity index (χ1n) is 4.81. The van der Waals surface area contributed by atoms with Gasteiger partial charge in [-0.25, -0.2) is 0 Å². The van der Waals surface area contributed by atoms with Crippen molar-refractivity contribution >= 4 is 43.7 Å². The zero-order chi connectivity index (χ0) is 13.2. The molecule has 2 amide bonds. The minimum absolute atomic E-state index is 0.351. The molecular formula is C11H12Br2N2O2. The van der Waals surface area contributed by atoms with Gasteiger partial charge in [0, 0.05) is 14.5 Å². The molecule has 0 radical (unpaired) electrons. The van der Waals surface area contributed by atoms with Crippen LogP contribution in [-0.4, -0.2) is 17.4 Å². The van der Waals surface area contributed by atoms with Crippen molar-refractivity contribution in [1.82, 2.24) is 5.32 Å². The van der Waals surface area contributed by atoms with Gasteiger partial charge in [-0.2, -0.15) is 0 Å². The zero-order valence-corrected chi connectivity index (χ0v) is 12.6. The molecule has 0 bridgehead atoms. The molecule has 0 saturated carbocycles. The number of benzene rings is 1. The Hall–Kier alpha value is -0.880. The Balaban J connectivity index is 2.94. The fourth-order valence-electron chi connectivity index (χ4n) is 1.10. The molecule has 0 heterocycles. The Kier molecular flexibility index (Phi) is 4.32. The average Bonchev–Trinajstić information content (AvgIpc) is 2.15. The van der Waals surface area contributed by atoms with Gasteiger partial charge in [-0.15, -0.1) is 0 Å². The number of nitrogens with two attached hydrogens (primary N) is 1. The first-order valence-corrected chi connectivity index (χ1v) is 6.39. The Morgan fingerprint density at radius 1 is 1.18 bits per heavy atom. The molecule has 0 aliphatic carbocycles. The van der Waals surface area contributed by atoms with Crippen LogP contribution in [0.25, 0.3) is 0 Å². The van der Waals surface area contributed by atoms with E-state index in [9.17, 15) is 9.59 Å². The van der Waals surface area contributed by atoms with Gasteiger partial charge in [-0.1, -0.05) is 31.9 Å². The number of nitrogens with one attached hydrogen (secondary N) is 1. The van der Waals surface area contributed by atoms with Crippen molar-refractivity contribution in [3.05, 3.63) is 32.7 Å². The van der Waals surface area contributed by atoms with E-state index in [1.54, 1.807) is 26.0 Å². The zero-order valence-electron chi connectivity index (χ0n) is 9.38. The third-order valence-electron chi connectivity index (χ3n) is 2.17. The molecule has 4 nitrogen and oxygen atoms in total. The lowest BCUT2D eigenvalue weighted by atomic mass is 10.0. The minimum Gasteiger partial charge on any atom is -0.368 e. The normalized spacial score (nSPS) is 11.1. The highest BCUT2D eigenvalue weighted by molar-refractivity contribution is 9.11. The van der Waals surface area contributed by atoms with Crippen molar-refractivity contribution in [1.29, 1.82) is 0 Å². The summed E-state index contributed by atoms with van der Waals surface area (Å²) in [5, 5.41) is 2.57. The van der Waals surface area contributed by atoms with Gasteiger partial charge in [-0.3, -0.25) is 9.59 Å². The van der Waals surface area contributed by atoms with Crippen LogP contribution in [0.2, 0.25) is 0 Å². The van der Waals surface area contributed by atoms with Gasteiger partial charge < -0.3 is 11.1 Å². The van der Waals surface area contributed by atoms with Crippen molar-refractivity contribution in [2.75, 3.05) is 0 Å². The number of hydrogen-bond donors (Lipinski definition) is 2. The van der Waals surface area contributed by atoms with Crippen LogP contribution in [0.15, 0.2) is 27.1 Å². The summed E-state index contributed by atoms with van der Waals surface area (Å²) in [6.45, 7) is 3.11. The van der Waals surface area contributed by atoms with Gasteiger partial charge in [0.25, 0.3) is 5.91 Å². The van der Waals surface area contributed by atoms with Crippen molar-refractivity contribution in [3.63, 3.8) is 0 Å². The van der Waals surface area contributed by atoms with Gasteiger partial charge in [0.15, 0.2) is 0 Å². The second-order valence-electron chi connectivity index (χ2n) is 4.10. The van der Waals surface area contributed by atoms with E-state index in [1.165, 1.54) is 0 Å². The van der Waals surface area contributed by atoms with Crippen LogP contribution >= 0.6 is 31.9 Å². The second kappa shape index (κ2) is 5.18. The van der Waals surface area contributed by atoms with Crippen molar-refractivity contribution < 1.29 is 9.59 Å². The summed E-state index contributed by atoms with van der Waals surface area (Å²) in [5.41, 5.74) is 4.55. The Morgan fingerprint density at radius 2 is 1.65 bits per heavy atom. The monoisotopic (exact) mass is 362 g/mol. The maximum Gasteiger partial charge on any atom is 0.252 e. The molecule has 1 aromatic rings. The van der Waals surface area contributed by atoms with E-state index in [2.05, 4.69) is 37.2 Å². The minimum atomic E-state index is -1.08. The molecule has 0 aliphatic rings. The van der Waals surface area contributed by atoms with Crippen LogP contribution in [0.4, 0.5) is 0 Å². The molecule has 0 aromatic heterocycles. The third kappa shape index (κ3) is 3.81. The molecule has 17 heavy (non-hydrogen) atoms. The fraction of sp³-hybridized carbons (Fsp3) is 0.273. The van der Waals surface area contributed by atoms with Gasteiger partial charge in [0.1, 0.15) is 5.54 Å². The van der Waals surface area contributed by atoms with Gasteiger partial charge in [0.05, 0.1) is 0 Å². The predicted octanol–water partition coefficient (Wildman–Crippen LogP) is 2.21. The molecule has 3 N–H and O–H groups in total. The van der Waals surface area contributed by atoms with E-state index < -0.39 is 11.4 Å². The van der Waals surface area contributed by atoms with Gasteiger partial charge in [-0.05, 0) is 32.0 Å². The number of halogens is 2. The summed E-state index contributed by atoms with van der Waals surface area (Å²) >= 11 is 6.58. The summed E-state index contributed by atoms with van der Waals surface area (Å²) in [7, 11) is 0. The highest BCUT2D eigenvalue weighted by atomic mass is 79.9. The average molecular weight is 364 g/mol. The predicted molar refractivity (Wildman–Crippen MR) is 72.6 cm³/mol. The SMILES string of the molecule is CC(C)(NC(=O)c1cc(Br)cc(Br)c1)C(N)=O. The van der Waals surface area contributed by atoms with Crippen LogP contribution in [0.5, 0.6) is 0 Å². The Morgan fingerprint density at radius 3 is 2.06 bits per heavy atom. The van der Waals surface area contributed by atoms with Gasteiger partial charge >= 0.3 is 0 Å². The highest BCUT2D eigenvalue weighted by Crippen LogP contribution is 2.20. The van der Waals surface area contributed by atoms with Crippen LogP contribution in [0, 0.1) is 0 Å². The Bertz CT molecular complexity index is 452. The summed E-state index contributed by atoms with van der Waals surface area (Å²) in [6, 6.07) is 5.14. The van der Waals surface area contributed by atoms with Crippen LogP contribution in [0.3, 0.4) is 0 Å². The molecule has 0 atom stereocenters. The molecule has 92 valence electrons. The number of primary amides is 1. The summed E-state index contributed by atoms with van der Waals surface area (Å²) < 4.78 is 1.54. The maximum atomic E-state index is 11.9. The molecule has 1 rings (SSSR count). The molecule has 0 saturated heterocycles. The quantitative estimate of drug-likeness (QED) is 0.864. The topological polar surface area (TPSA) is 72.2 Å². The standard InChI is InChI=1S/C11H12Br2N2O2/c1-11(2,10(14)17)15-9(16)6-3-7(12)5-8(13)4-6/h3-5H,1-2H3,(H2,14,17)(H,15,16). The van der Waals surface area contributed by atoms with E-state index in [1.807, 2.05) is 6.07 Å². The molecule has 1 aromatic carbocycles. The van der Waals surface area contributed by atoms with E-state index in [0.717, 1.165) is 8.95 Å². The van der Waals surface area contributed by atoms with Crippen molar-refractivity contribution in [2.24, 2.45) is 5.73 Å². The first-order chi connectivity index (χ1) is 7.72. The molecular weight excluding hydrogens is 352 g/mol. The lowest BCUT2D eigenvalue weighted by Gasteiger charge is -2.22. The second-order valence-corrected chi connectivity index (χ2v) is 5.93.